The molecule has 0 bridgehead atoms. The van der Waals surface area contributed by atoms with Crippen molar-refractivity contribution in [2.45, 2.75) is 19.8 Å². The van der Waals surface area contributed by atoms with Gasteiger partial charge in [-0.2, -0.15) is 0 Å². The fourth-order valence-corrected chi connectivity index (χ4v) is 3.58. The van der Waals surface area contributed by atoms with Crippen LogP contribution in [0, 0.1) is 6.92 Å². The number of benzene rings is 1. The Balaban J connectivity index is 1.56. The zero-order valence-electron chi connectivity index (χ0n) is 17.8. The molecule has 1 atom stereocenters. The van der Waals surface area contributed by atoms with Gasteiger partial charge in [0.1, 0.15) is 12.1 Å². The summed E-state index contributed by atoms with van der Waals surface area (Å²) in [6, 6.07) is 15.5. The van der Waals surface area contributed by atoms with E-state index in [1.54, 1.807) is 25.6 Å². The van der Waals surface area contributed by atoms with Gasteiger partial charge in [0.15, 0.2) is 0 Å². The van der Waals surface area contributed by atoms with Crippen molar-refractivity contribution in [3.63, 3.8) is 0 Å². The molecule has 0 aliphatic heterocycles. The fraction of sp³-hybridized carbons (Fsp3) is 0.208. The number of carbonyl (C=O) groups is 1. The lowest BCUT2D eigenvalue weighted by Crippen LogP contribution is -2.18. The Hall–Kier alpha value is -3.87. The molecule has 7 heteroatoms. The van der Waals surface area contributed by atoms with Gasteiger partial charge < -0.3 is 10.6 Å². The third kappa shape index (κ3) is 4.35. The molecule has 3 heterocycles. The molecule has 0 saturated carbocycles. The van der Waals surface area contributed by atoms with E-state index in [0.717, 1.165) is 39.4 Å². The van der Waals surface area contributed by atoms with Gasteiger partial charge in [0.2, 0.25) is 0 Å². The SMILES string of the molecule is CNC(=O)c1ccnc2c([C@H](C)CNc3cc(-c4cccc(C)n4)ncn3)cccc12. The summed E-state index contributed by atoms with van der Waals surface area (Å²) >= 11 is 0. The van der Waals surface area contributed by atoms with Crippen LogP contribution in [0.1, 0.15) is 34.5 Å². The second kappa shape index (κ2) is 8.87. The molecule has 0 spiro atoms. The summed E-state index contributed by atoms with van der Waals surface area (Å²) in [4.78, 5) is 30.0. The van der Waals surface area contributed by atoms with Crippen molar-refractivity contribution in [1.82, 2.24) is 25.3 Å². The molecule has 1 aromatic carbocycles. The van der Waals surface area contributed by atoms with Crippen molar-refractivity contribution in [1.29, 1.82) is 0 Å². The Kier molecular flexibility index (Phi) is 5.84. The average Bonchev–Trinajstić information content (AvgIpc) is 2.81. The monoisotopic (exact) mass is 412 g/mol. The number of hydrogen-bond acceptors (Lipinski definition) is 6. The van der Waals surface area contributed by atoms with Crippen LogP contribution in [-0.2, 0) is 0 Å². The van der Waals surface area contributed by atoms with Crippen molar-refractivity contribution in [2.75, 3.05) is 18.9 Å². The topological polar surface area (TPSA) is 92.7 Å². The molecule has 31 heavy (non-hydrogen) atoms. The zero-order chi connectivity index (χ0) is 21.8. The van der Waals surface area contributed by atoms with Crippen molar-refractivity contribution in [3.8, 4) is 11.4 Å². The number of carbonyl (C=O) groups excluding carboxylic acids is 1. The lowest BCUT2D eigenvalue weighted by molar-refractivity contribution is 0.0964. The van der Waals surface area contributed by atoms with Gasteiger partial charge in [0.05, 0.1) is 22.5 Å². The van der Waals surface area contributed by atoms with E-state index in [1.807, 2.05) is 43.3 Å². The predicted octanol–water partition coefficient (Wildman–Crippen LogP) is 3.97. The highest BCUT2D eigenvalue weighted by molar-refractivity contribution is 6.06. The molecule has 3 aromatic heterocycles. The van der Waals surface area contributed by atoms with Gasteiger partial charge in [-0.25, -0.2) is 9.97 Å². The van der Waals surface area contributed by atoms with Crippen LogP contribution in [0.25, 0.3) is 22.3 Å². The maximum absolute atomic E-state index is 12.2. The second-order valence-corrected chi connectivity index (χ2v) is 7.42. The van der Waals surface area contributed by atoms with Crippen LogP contribution in [-0.4, -0.2) is 39.4 Å². The number of fused-ring (bicyclic) bond motifs is 1. The summed E-state index contributed by atoms with van der Waals surface area (Å²) < 4.78 is 0. The first-order valence-electron chi connectivity index (χ1n) is 10.2. The second-order valence-electron chi connectivity index (χ2n) is 7.42. The summed E-state index contributed by atoms with van der Waals surface area (Å²) in [6.45, 7) is 4.74. The molecule has 1 amide bonds. The van der Waals surface area contributed by atoms with E-state index >= 15 is 0 Å². The summed E-state index contributed by atoms with van der Waals surface area (Å²) in [7, 11) is 1.63. The lowest BCUT2D eigenvalue weighted by Gasteiger charge is -2.16. The van der Waals surface area contributed by atoms with E-state index in [-0.39, 0.29) is 11.8 Å². The summed E-state index contributed by atoms with van der Waals surface area (Å²) in [5.74, 6) is 0.764. The van der Waals surface area contributed by atoms with Gasteiger partial charge in [0, 0.05) is 42.9 Å². The van der Waals surface area contributed by atoms with Crippen LogP contribution < -0.4 is 10.6 Å². The number of amides is 1. The van der Waals surface area contributed by atoms with Crippen LogP contribution in [0.3, 0.4) is 0 Å². The van der Waals surface area contributed by atoms with Crippen LogP contribution in [0.2, 0.25) is 0 Å². The number of nitrogens with one attached hydrogen (secondary N) is 2. The largest absolute Gasteiger partial charge is 0.369 e. The molecule has 2 N–H and O–H groups in total. The van der Waals surface area contributed by atoms with Crippen LogP contribution >= 0.6 is 0 Å². The summed E-state index contributed by atoms with van der Waals surface area (Å²) in [5, 5.41) is 6.94. The fourth-order valence-electron chi connectivity index (χ4n) is 3.58. The van der Waals surface area contributed by atoms with E-state index in [4.69, 9.17) is 0 Å². The number of pyridine rings is 2. The van der Waals surface area contributed by atoms with E-state index < -0.39 is 0 Å². The predicted molar refractivity (Wildman–Crippen MR) is 122 cm³/mol. The third-order valence-electron chi connectivity index (χ3n) is 5.21. The van der Waals surface area contributed by atoms with Crippen molar-refractivity contribution in [2.24, 2.45) is 0 Å². The Bertz CT molecular complexity index is 1240. The van der Waals surface area contributed by atoms with E-state index in [1.165, 1.54) is 0 Å². The third-order valence-corrected chi connectivity index (χ3v) is 5.21. The van der Waals surface area contributed by atoms with Gasteiger partial charge in [0.25, 0.3) is 5.91 Å². The maximum atomic E-state index is 12.2. The molecule has 4 aromatic rings. The molecule has 156 valence electrons. The molecular formula is C24H24N6O. The minimum absolute atomic E-state index is 0.117. The first-order chi connectivity index (χ1) is 15.1. The highest BCUT2D eigenvalue weighted by Gasteiger charge is 2.15. The standard InChI is InChI=1S/C24H24N6O/c1-15(17-7-5-8-18-19(24(31)25-3)10-11-26-23(17)18)13-27-22-12-21(28-14-29-22)20-9-4-6-16(2)30-20/h4-12,14-15H,13H2,1-3H3,(H,25,31)(H,27,28,29)/t15-/m1/s1. The first-order valence-corrected chi connectivity index (χ1v) is 10.2. The van der Waals surface area contributed by atoms with E-state index in [0.29, 0.717) is 12.1 Å². The molecule has 0 saturated heterocycles. The quantitative estimate of drug-likeness (QED) is 0.498. The molecule has 0 aliphatic rings. The minimum Gasteiger partial charge on any atom is -0.369 e. The Morgan fingerprint density at radius 1 is 1.03 bits per heavy atom. The van der Waals surface area contributed by atoms with Crippen LogP contribution in [0.5, 0.6) is 0 Å². The number of aromatic nitrogens is 4. The van der Waals surface area contributed by atoms with Crippen LogP contribution in [0.4, 0.5) is 5.82 Å². The maximum Gasteiger partial charge on any atom is 0.251 e. The highest BCUT2D eigenvalue weighted by Crippen LogP contribution is 2.27. The zero-order valence-corrected chi connectivity index (χ0v) is 17.8. The van der Waals surface area contributed by atoms with Crippen molar-refractivity contribution < 1.29 is 4.79 Å². The normalized spacial score (nSPS) is 11.8. The molecule has 0 radical (unpaired) electrons. The number of hydrogen-bond donors (Lipinski definition) is 2. The smallest absolute Gasteiger partial charge is 0.251 e. The van der Waals surface area contributed by atoms with Crippen molar-refractivity contribution >= 4 is 22.6 Å². The van der Waals surface area contributed by atoms with Crippen molar-refractivity contribution in [3.05, 3.63) is 77.9 Å². The molecule has 0 aliphatic carbocycles. The average molecular weight is 412 g/mol. The Morgan fingerprint density at radius 2 is 1.87 bits per heavy atom. The number of rotatable bonds is 6. The van der Waals surface area contributed by atoms with Gasteiger partial charge in [-0.15, -0.1) is 0 Å². The van der Waals surface area contributed by atoms with Gasteiger partial charge >= 0.3 is 0 Å². The first kappa shape index (κ1) is 20.4. The number of para-hydroxylation sites is 1. The van der Waals surface area contributed by atoms with E-state index in [9.17, 15) is 4.79 Å². The molecule has 7 nitrogen and oxygen atoms in total. The number of nitrogens with zero attached hydrogens (tertiary/aromatic N) is 4. The number of anilines is 1. The molecular weight excluding hydrogens is 388 g/mol. The highest BCUT2D eigenvalue weighted by atomic mass is 16.1. The Morgan fingerprint density at radius 3 is 2.68 bits per heavy atom. The van der Waals surface area contributed by atoms with Gasteiger partial charge in [-0.05, 0) is 30.7 Å². The Labute approximate surface area is 181 Å². The lowest BCUT2D eigenvalue weighted by atomic mass is 9.96. The van der Waals surface area contributed by atoms with Gasteiger partial charge in [-0.3, -0.25) is 14.8 Å². The molecule has 4 rings (SSSR count). The minimum atomic E-state index is -0.117. The summed E-state index contributed by atoms with van der Waals surface area (Å²) in [6.07, 6.45) is 3.23. The number of aryl methyl sites for hydroxylation is 1. The van der Waals surface area contributed by atoms with Gasteiger partial charge in [-0.1, -0.05) is 31.2 Å². The summed E-state index contributed by atoms with van der Waals surface area (Å²) in [5.41, 5.74) is 5.07. The van der Waals surface area contributed by atoms with Crippen LogP contribution in [0.15, 0.2) is 61.1 Å². The molecule has 0 fully saturated rings. The molecule has 0 unspecified atom stereocenters. The van der Waals surface area contributed by atoms with E-state index in [2.05, 4.69) is 43.6 Å².